The Balaban J connectivity index is 0.000000176. The van der Waals surface area contributed by atoms with Crippen LogP contribution >= 0.6 is 0 Å². The number of aromatic hydroxyl groups is 1. The number of carboxylic acids is 2. The third-order valence-corrected chi connectivity index (χ3v) is 4.94. The smallest absolute Gasteiger partial charge is 0.320 e. The molecule has 0 amide bonds. The average molecular weight is 424 g/mol. The Morgan fingerprint density at radius 1 is 0.806 bits per heavy atom. The standard InChI is InChI=1S/C11H12N2O3.C11H12N2O2/c12-9(11(15)16)3-6-5-13-10-2-1-7(14)4-8(6)10;12-9(11(14)15)5-7-6-13-10-4-2-1-3-8(7)10/h1-2,4-5,9,13-14H,3,12H2,(H,15,16);1-4,6,9,13H,5,12H2,(H,14,15). The average Bonchev–Trinajstić information content (AvgIpc) is 3.32. The second kappa shape index (κ2) is 9.33. The van der Waals surface area contributed by atoms with E-state index in [9.17, 15) is 14.7 Å². The molecule has 0 fully saturated rings. The van der Waals surface area contributed by atoms with Crippen molar-refractivity contribution in [2.45, 2.75) is 24.9 Å². The monoisotopic (exact) mass is 424 g/mol. The summed E-state index contributed by atoms with van der Waals surface area (Å²) in [6.45, 7) is 0. The van der Waals surface area contributed by atoms with Gasteiger partial charge in [-0.25, -0.2) is 0 Å². The van der Waals surface area contributed by atoms with Crippen LogP contribution in [0.3, 0.4) is 0 Å². The van der Waals surface area contributed by atoms with Crippen molar-refractivity contribution in [3.8, 4) is 5.75 Å². The van der Waals surface area contributed by atoms with Crippen molar-refractivity contribution in [2.24, 2.45) is 11.5 Å². The van der Waals surface area contributed by atoms with E-state index in [4.69, 9.17) is 21.7 Å². The van der Waals surface area contributed by atoms with Crippen molar-refractivity contribution in [2.75, 3.05) is 0 Å². The fourth-order valence-electron chi connectivity index (χ4n) is 3.28. The van der Waals surface area contributed by atoms with Crippen molar-refractivity contribution in [1.29, 1.82) is 0 Å². The Labute approximate surface area is 177 Å². The van der Waals surface area contributed by atoms with E-state index in [1.165, 1.54) is 0 Å². The lowest BCUT2D eigenvalue weighted by molar-refractivity contribution is -0.139. The molecule has 4 rings (SSSR count). The van der Waals surface area contributed by atoms with Crippen LogP contribution in [0.1, 0.15) is 11.1 Å². The molecule has 0 radical (unpaired) electrons. The summed E-state index contributed by atoms with van der Waals surface area (Å²) in [6.07, 6.45) is 4.11. The van der Waals surface area contributed by atoms with E-state index in [2.05, 4.69) is 9.97 Å². The topological polar surface area (TPSA) is 178 Å². The van der Waals surface area contributed by atoms with Gasteiger partial charge in [0.2, 0.25) is 0 Å². The van der Waals surface area contributed by atoms with E-state index in [0.29, 0.717) is 6.42 Å². The molecule has 0 spiro atoms. The summed E-state index contributed by atoms with van der Waals surface area (Å²) in [4.78, 5) is 27.4. The largest absolute Gasteiger partial charge is 0.508 e. The molecule has 2 aromatic heterocycles. The summed E-state index contributed by atoms with van der Waals surface area (Å²) < 4.78 is 0. The molecule has 9 heteroatoms. The summed E-state index contributed by atoms with van der Waals surface area (Å²) in [5, 5.41) is 28.6. The highest BCUT2D eigenvalue weighted by Crippen LogP contribution is 2.23. The number of hydrogen-bond donors (Lipinski definition) is 7. The molecule has 9 N–H and O–H groups in total. The van der Waals surface area contributed by atoms with Crippen LogP contribution in [0.2, 0.25) is 0 Å². The number of aromatic nitrogens is 2. The Morgan fingerprint density at radius 3 is 1.90 bits per heavy atom. The number of carboxylic acid groups (broad SMARTS) is 2. The third-order valence-electron chi connectivity index (χ3n) is 4.94. The molecule has 31 heavy (non-hydrogen) atoms. The minimum absolute atomic E-state index is 0.150. The maximum Gasteiger partial charge on any atom is 0.320 e. The van der Waals surface area contributed by atoms with Crippen LogP contribution in [0.15, 0.2) is 54.9 Å². The number of carbonyl (C=O) groups is 2. The number of para-hydroxylation sites is 1. The Morgan fingerprint density at radius 2 is 1.32 bits per heavy atom. The van der Waals surface area contributed by atoms with Gasteiger partial charge < -0.3 is 36.8 Å². The number of H-pyrrole nitrogens is 2. The van der Waals surface area contributed by atoms with Crippen LogP contribution in [0, 0.1) is 0 Å². The van der Waals surface area contributed by atoms with Gasteiger partial charge in [-0.15, -0.1) is 0 Å². The molecular formula is C22H24N4O5. The van der Waals surface area contributed by atoms with Crippen molar-refractivity contribution in [3.63, 3.8) is 0 Å². The second-order valence-corrected chi connectivity index (χ2v) is 7.20. The van der Waals surface area contributed by atoms with Crippen molar-refractivity contribution in [1.82, 2.24) is 9.97 Å². The predicted octanol–water partition coefficient (Wildman–Crippen LogP) is 1.95. The van der Waals surface area contributed by atoms with E-state index in [-0.39, 0.29) is 12.2 Å². The van der Waals surface area contributed by atoms with Gasteiger partial charge in [-0.3, -0.25) is 9.59 Å². The minimum atomic E-state index is -1.03. The van der Waals surface area contributed by atoms with Crippen LogP contribution in [-0.2, 0) is 22.4 Å². The van der Waals surface area contributed by atoms with Crippen LogP contribution < -0.4 is 11.5 Å². The lowest BCUT2D eigenvalue weighted by atomic mass is 10.1. The maximum atomic E-state index is 10.6. The number of phenolic OH excluding ortho intramolecular Hbond substituents is 1. The molecule has 0 aliphatic heterocycles. The van der Waals surface area contributed by atoms with Gasteiger partial charge in [-0.1, -0.05) is 18.2 Å². The molecule has 162 valence electrons. The molecule has 0 bridgehead atoms. The Bertz CT molecular complexity index is 1210. The first-order chi connectivity index (χ1) is 14.8. The number of benzene rings is 2. The summed E-state index contributed by atoms with van der Waals surface area (Å²) in [5.74, 6) is -1.85. The van der Waals surface area contributed by atoms with E-state index in [0.717, 1.165) is 32.9 Å². The minimum Gasteiger partial charge on any atom is -0.508 e. The molecule has 9 nitrogen and oxygen atoms in total. The van der Waals surface area contributed by atoms with Crippen LogP contribution in [0.5, 0.6) is 5.75 Å². The lowest BCUT2D eigenvalue weighted by Crippen LogP contribution is -2.32. The van der Waals surface area contributed by atoms with Gasteiger partial charge >= 0.3 is 11.9 Å². The van der Waals surface area contributed by atoms with Gasteiger partial charge in [-0.2, -0.15) is 0 Å². The normalized spacial score (nSPS) is 12.8. The van der Waals surface area contributed by atoms with E-state index >= 15 is 0 Å². The number of aromatic amines is 2. The zero-order valence-corrected chi connectivity index (χ0v) is 16.6. The van der Waals surface area contributed by atoms with Gasteiger partial charge in [0.25, 0.3) is 0 Å². The van der Waals surface area contributed by atoms with Gasteiger partial charge in [0.05, 0.1) is 0 Å². The molecule has 0 aliphatic rings. The zero-order valence-electron chi connectivity index (χ0n) is 16.6. The number of rotatable bonds is 6. The molecule has 0 saturated carbocycles. The molecule has 0 aliphatic carbocycles. The van der Waals surface area contributed by atoms with Gasteiger partial charge in [0.15, 0.2) is 0 Å². The highest BCUT2D eigenvalue weighted by atomic mass is 16.4. The van der Waals surface area contributed by atoms with Crippen LogP contribution in [0.25, 0.3) is 21.8 Å². The maximum absolute atomic E-state index is 10.6. The molecule has 2 heterocycles. The molecular weight excluding hydrogens is 400 g/mol. The van der Waals surface area contributed by atoms with Crippen molar-refractivity contribution >= 4 is 33.7 Å². The van der Waals surface area contributed by atoms with Gasteiger partial charge in [0, 0.05) is 47.0 Å². The summed E-state index contributed by atoms with van der Waals surface area (Å²) in [7, 11) is 0. The number of aliphatic carboxylic acids is 2. The predicted molar refractivity (Wildman–Crippen MR) is 117 cm³/mol. The quantitative estimate of drug-likeness (QED) is 0.247. The first-order valence-electron chi connectivity index (χ1n) is 9.57. The summed E-state index contributed by atoms with van der Waals surface area (Å²) in [6, 6.07) is 10.9. The Kier molecular flexibility index (Phi) is 6.58. The SMILES string of the molecule is NC(Cc1c[nH]c2ccc(O)cc12)C(=O)O.NC(Cc1c[nH]c2ccccc12)C(=O)O. The molecule has 2 aromatic carbocycles. The summed E-state index contributed by atoms with van der Waals surface area (Å²) >= 11 is 0. The number of phenols is 1. The highest BCUT2D eigenvalue weighted by molar-refractivity contribution is 5.86. The molecule has 2 unspecified atom stereocenters. The fourth-order valence-corrected chi connectivity index (χ4v) is 3.28. The van der Waals surface area contributed by atoms with Crippen LogP contribution in [0.4, 0.5) is 0 Å². The molecule has 4 aromatic rings. The number of hydrogen-bond acceptors (Lipinski definition) is 5. The van der Waals surface area contributed by atoms with E-state index in [1.54, 1.807) is 24.4 Å². The molecule has 2 atom stereocenters. The first-order valence-corrected chi connectivity index (χ1v) is 9.57. The molecule has 0 saturated heterocycles. The van der Waals surface area contributed by atoms with Crippen LogP contribution in [-0.4, -0.2) is 49.3 Å². The fraction of sp³-hybridized carbons (Fsp3) is 0.182. The first kappa shape index (κ1) is 21.9. The second-order valence-electron chi connectivity index (χ2n) is 7.20. The zero-order chi connectivity index (χ0) is 22.5. The summed E-state index contributed by atoms with van der Waals surface area (Å²) in [5.41, 5.74) is 14.5. The van der Waals surface area contributed by atoms with Crippen molar-refractivity contribution in [3.05, 3.63) is 66.0 Å². The Hall–Kier alpha value is -3.82. The van der Waals surface area contributed by atoms with E-state index in [1.807, 2.05) is 30.5 Å². The number of nitrogens with two attached hydrogens (primary N) is 2. The van der Waals surface area contributed by atoms with Gasteiger partial charge in [0.1, 0.15) is 17.8 Å². The van der Waals surface area contributed by atoms with Crippen molar-refractivity contribution < 1.29 is 24.9 Å². The highest BCUT2D eigenvalue weighted by Gasteiger charge is 2.15. The lowest BCUT2D eigenvalue weighted by Gasteiger charge is -2.04. The number of fused-ring (bicyclic) bond motifs is 2. The number of nitrogens with one attached hydrogen (secondary N) is 2. The third kappa shape index (κ3) is 5.21. The van der Waals surface area contributed by atoms with E-state index < -0.39 is 24.0 Å². The van der Waals surface area contributed by atoms with Gasteiger partial charge in [-0.05, 0) is 35.4 Å².